The predicted octanol–water partition coefficient (Wildman–Crippen LogP) is 7.02. The Morgan fingerprint density at radius 2 is 0.931 bits per heavy atom. The fourth-order valence-electron chi connectivity index (χ4n) is 5.40. The number of carbonyl (C=O) groups excluding carboxylic acids is 1. The molecule has 0 bridgehead atoms. The molecule has 0 saturated heterocycles. The molecule has 29 heavy (non-hydrogen) atoms. The van der Waals surface area contributed by atoms with Gasteiger partial charge >= 0.3 is 0 Å². The normalized spacial score (nSPS) is 12.3. The van der Waals surface area contributed by atoms with Crippen LogP contribution >= 0.6 is 0 Å². The fourth-order valence-corrected chi connectivity index (χ4v) is 5.40. The maximum atomic E-state index is 11.3. The van der Waals surface area contributed by atoms with E-state index in [2.05, 4.69) is 72.8 Å². The van der Waals surface area contributed by atoms with Crippen molar-refractivity contribution < 1.29 is 9.53 Å². The number of hydrogen-bond acceptors (Lipinski definition) is 2. The van der Waals surface area contributed by atoms with Crippen LogP contribution in [0, 0.1) is 0 Å². The van der Waals surface area contributed by atoms with Crippen molar-refractivity contribution in [2.75, 3.05) is 0 Å². The second-order valence-electron chi connectivity index (χ2n) is 7.64. The van der Waals surface area contributed by atoms with Crippen molar-refractivity contribution in [1.82, 2.24) is 0 Å². The molecule has 0 aliphatic rings. The van der Waals surface area contributed by atoms with Crippen molar-refractivity contribution in [3.63, 3.8) is 0 Å². The fraction of sp³-hybridized carbons (Fsp3) is 0. The number of ether oxygens (including phenoxy) is 1. The van der Waals surface area contributed by atoms with Crippen LogP contribution in [0.4, 0.5) is 0 Å². The zero-order chi connectivity index (χ0) is 19.1. The highest BCUT2D eigenvalue weighted by atomic mass is 16.5. The average molecular weight is 370 g/mol. The first kappa shape index (κ1) is 15.1. The SMILES string of the molecule is O=COc1ccc2c3ccccc3c3c4cccc5c6ccccc6c(c1c23)c54. The lowest BCUT2D eigenvalue weighted by Crippen LogP contribution is -1.90. The summed E-state index contributed by atoms with van der Waals surface area (Å²) in [6.07, 6.45) is 0. The Kier molecular flexibility index (Phi) is 2.66. The Balaban J connectivity index is 1.97. The second kappa shape index (κ2) is 5.12. The van der Waals surface area contributed by atoms with Crippen LogP contribution in [-0.2, 0) is 4.79 Å². The van der Waals surface area contributed by atoms with Gasteiger partial charge in [0.1, 0.15) is 5.75 Å². The van der Waals surface area contributed by atoms with Crippen molar-refractivity contribution in [1.29, 1.82) is 0 Å². The molecular formula is C27H14O2. The third-order valence-corrected chi connectivity index (χ3v) is 6.40. The number of hydrogen-bond donors (Lipinski definition) is 0. The summed E-state index contributed by atoms with van der Waals surface area (Å²) in [4.78, 5) is 11.3. The van der Waals surface area contributed by atoms with Crippen LogP contribution in [0.2, 0.25) is 0 Å². The third-order valence-electron chi connectivity index (χ3n) is 6.40. The van der Waals surface area contributed by atoms with E-state index in [0.717, 1.165) is 5.39 Å². The molecule has 0 amide bonds. The average Bonchev–Trinajstić information content (AvgIpc) is 3.28. The molecule has 0 fully saturated rings. The predicted molar refractivity (Wildman–Crippen MR) is 121 cm³/mol. The molecule has 7 aromatic carbocycles. The maximum absolute atomic E-state index is 11.3. The van der Waals surface area contributed by atoms with Gasteiger partial charge in [-0.3, -0.25) is 4.79 Å². The Bertz CT molecular complexity index is 1740. The number of carbonyl (C=O) groups is 1. The van der Waals surface area contributed by atoms with E-state index in [0.29, 0.717) is 12.2 Å². The largest absolute Gasteiger partial charge is 0.428 e. The molecule has 0 unspecified atom stereocenters. The van der Waals surface area contributed by atoms with E-state index < -0.39 is 0 Å². The first-order valence-electron chi connectivity index (χ1n) is 9.73. The molecular weight excluding hydrogens is 356 g/mol. The Hall–Kier alpha value is -3.91. The molecule has 2 nitrogen and oxygen atoms in total. The van der Waals surface area contributed by atoms with Gasteiger partial charge in [-0.1, -0.05) is 66.7 Å². The Morgan fingerprint density at radius 1 is 0.448 bits per heavy atom. The highest BCUT2D eigenvalue weighted by Gasteiger charge is 2.23. The molecule has 0 aliphatic heterocycles. The van der Waals surface area contributed by atoms with Crippen LogP contribution in [-0.4, -0.2) is 6.47 Å². The summed E-state index contributed by atoms with van der Waals surface area (Å²) in [7, 11) is 0. The molecule has 0 N–H and O–H groups in total. The minimum atomic E-state index is 0.531. The minimum absolute atomic E-state index is 0.531. The quantitative estimate of drug-likeness (QED) is 0.241. The molecule has 0 aliphatic carbocycles. The standard InChI is InChI=1S/C27H14O2/c28-14-29-22-13-12-20-16-7-1-3-8-17(16)23-21-11-5-10-18-15-6-2-4-9-19(15)25(24(18)21)27(22)26(20)23/h1-14H. The van der Waals surface area contributed by atoms with Gasteiger partial charge in [0.25, 0.3) is 6.47 Å². The summed E-state index contributed by atoms with van der Waals surface area (Å²) in [5.74, 6) is 0.621. The highest BCUT2D eigenvalue weighted by Crippen LogP contribution is 2.52. The van der Waals surface area contributed by atoms with Gasteiger partial charge in [0.15, 0.2) is 0 Å². The molecule has 7 aromatic rings. The van der Waals surface area contributed by atoms with Crippen LogP contribution in [0.15, 0.2) is 78.9 Å². The van der Waals surface area contributed by atoms with Crippen molar-refractivity contribution in [3.05, 3.63) is 78.9 Å². The third kappa shape index (κ3) is 1.66. The summed E-state index contributed by atoms with van der Waals surface area (Å²) in [5.41, 5.74) is 0. The van der Waals surface area contributed by atoms with Gasteiger partial charge in [-0.25, -0.2) is 0 Å². The molecule has 0 aromatic heterocycles. The van der Waals surface area contributed by atoms with Crippen molar-refractivity contribution in [2.45, 2.75) is 0 Å². The van der Waals surface area contributed by atoms with Crippen LogP contribution in [0.3, 0.4) is 0 Å². The highest BCUT2D eigenvalue weighted by molar-refractivity contribution is 6.48. The van der Waals surface area contributed by atoms with Crippen LogP contribution < -0.4 is 4.74 Å². The van der Waals surface area contributed by atoms with Gasteiger partial charge in [0.2, 0.25) is 0 Å². The van der Waals surface area contributed by atoms with E-state index in [1.165, 1.54) is 59.2 Å². The molecule has 7 rings (SSSR count). The topological polar surface area (TPSA) is 26.3 Å². The lowest BCUT2D eigenvalue weighted by Gasteiger charge is -2.10. The molecule has 134 valence electrons. The Labute approximate surface area is 165 Å². The zero-order valence-corrected chi connectivity index (χ0v) is 15.4. The first-order chi connectivity index (χ1) is 14.4. The van der Waals surface area contributed by atoms with Gasteiger partial charge < -0.3 is 4.74 Å². The van der Waals surface area contributed by atoms with Crippen LogP contribution in [0.5, 0.6) is 5.75 Å². The first-order valence-corrected chi connectivity index (χ1v) is 9.73. The van der Waals surface area contributed by atoms with Crippen molar-refractivity contribution >= 4 is 71.1 Å². The summed E-state index contributed by atoms with van der Waals surface area (Å²) in [6, 6.07) is 27.7. The van der Waals surface area contributed by atoms with Gasteiger partial charge in [-0.15, -0.1) is 0 Å². The zero-order valence-electron chi connectivity index (χ0n) is 15.4. The summed E-state index contributed by atoms with van der Waals surface area (Å²) in [5, 5.41) is 14.5. The smallest absolute Gasteiger partial charge is 0.298 e. The lowest BCUT2D eigenvalue weighted by molar-refractivity contribution is -0.120. The van der Waals surface area contributed by atoms with Crippen LogP contribution in [0.25, 0.3) is 64.6 Å². The lowest BCUT2D eigenvalue weighted by atomic mass is 9.95. The second-order valence-corrected chi connectivity index (χ2v) is 7.64. The van der Waals surface area contributed by atoms with E-state index in [-0.39, 0.29) is 0 Å². The van der Waals surface area contributed by atoms with E-state index in [4.69, 9.17) is 4.74 Å². The van der Waals surface area contributed by atoms with Crippen molar-refractivity contribution in [2.24, 2.45) is 0 Å². The molecule has 2 heteroatoms. The number of fused-ring (bicyclic) bond motifs is 8. The van der Waals surface area contributed by atoms with E-state index >= 15 is 0 Å². The van der Waals surface area contributed by atoms with Gasteiger partial charge in [0.05, 0.1) is 0 Å². The molecule has 0 saturated carbocycles. The molecule has 0 spiro atoms. The minimum Gasteiger partial charge on any atom is -0.428 e. The summed E-state index contributed by atoms with van der Waals surface area (Å²) < 4.78 is 5.50. The van der Waals surface area contributed by atoms with E-state index in [1.54, 1.807) is 0 Å². The molecule has 0 atom stereocenters. The molecule has 0 heterocycles. The number of benzene rings is 5. The van der Waals surface area contributed by atoms with Gasteiger partial charge in [-0.2, -0.15) is 0 Å². The Morgan fingerprint density at radius 3 is 1.55 bits per heavy atom. The molecule has 0 radical (unpaired) electrons. The summed E-state index contributed by atoms with van der Waals surface area (Å²) >= 11 is 0. The maximum Gasteiger partial charge on any atom is 0.298 e. The van der Waals surface area contributed by atoms with E-state index in [9.17, 15) is 4.79 Å². The van der Waals surface area contributed by atoms with Gasteiger partial charge in [-0.05, 0) is 60.6 Å². The van der Waals surface area contributed by atoms with Gasteiger partial charge in [0, 0.05) is 16.2 Å². The van der Waals surface area contributed by atoms with E-state index in [1.807, 2.05) is 6.07 Å². The summed E-state index contributed by atoms with van der Waals surface area (Å²) in [6.45, 7) is 0.531. The van der Waals surface area contributed by atoms with Crippen LogP contribution in [0.1, 0.15) is 0 Å². The monoisotopic (exact) mass is 370 g/mol. The number of rotatable bonds is 2. The van der Waals surface area contributed by atoms with Crippen molar-refractivity contribution in [3.8, 4) is 5.75 Å².